The van der Waals surface area contributed by atoms with Crippen molar-refractivity contribution < 1.29 is 65.4 Å². The van der Waals surface area contributed by atoms with Crippen LogP contribution in [0.1, 0.15) is 143 Å². The van der Waals surface area contributed by atoms with E-state index in [1.54, 1.807) is 42.5 Å². The number of likely N-dealkylation sites (tertiary alicyclic amines) is 2. The summed E-state index contributed by atoms with van der Waals surface area (Å²) in [6.07, 6.45) is 13.3. The first-order valence-corrected chi connectivity index (χ1v) is 38.5. The third kappa shape index (κ3) is 19.4. The van der Waals surface area contributed by atoms with Crippen LogP contribution in [0.3, 0.4) is 0 Å². The maximum Gasteiger partial charge on any atom is 1.00 e. The second-order valence-corrected chi connectivity index (χ2v) is 33.2. The van der Waals surface area contributed by atoms with E-state index in [0.717, 1.165) is 91.1 Å². The minimum atomic E-state index is -3.92. The topological polar surface area (TPSA) is 296 Å². The average Bonchev–Trinajstić information content (AvgIpc) is 1.55. The van der Waals surface area contributed by atoms with Crippen molar-refractivity contribution in [2.75, 3.05) is 58.4 Å². The molecule has 0 bridgehead atoms. The number of hydrogen-bond donors (Lipinski definition) is 3. The third-order valence-corrected chi connectivity index (χ3v) is 21.4. The van der Waals surface area contributed by atoms with E-state index in [0.29, 0.717) is 84.4 Å². The Labute approximate surface area is 651 Å². The van der Waals surface area contributed by atoms with Gasteiger partial charge in [0.05, 0.1) is 95.3 Å². The van der Waals surface area contributed by atoms with Gasteiger partial charge in [0.25, 0.3) is 0 Å². The summed E-state index contributed by atoms with van der Waals surface area (Å²) in [4.78, 5) is 26.4. The zero-order valence-electron chi connectivity index (χ0n) is 59.5. The summed E-state index contributed by atoms with van der Waals surface area (Å²) >= 11 is 25.8. The van der Waals surface area contributed by atoms with Gasteiger partial charge in [-0.05, 0) is 187 Å². The molecule has 6 heterocycles. The van der Waals surface area contributed by atoms with Crippen LogP contribution in [-0.2, 0) is 37.7 Å². The van der Waals surface area contributed by atoms with Gasteiger partial charge in [0.15, 0.2) is 0 Å². The number of carbonyl (C=O) groups excluding carboxylic acids is 1. The molecule has 31 heteroatoms. The van der Waals surface area contributed by atoms with Crippen molar-refractivity contribution in [3.05, 3.63) is 210 Å². The van der Waals surface area contributed by atoms with Gasteiger partial charge in [0.2, 0.25) is 26.0 Å². The monoisotopic (exact) mass is 1550 g/mol. The van der Waals surface area contributed by atoms with E-state index in [4.69, 9.17) is 46.4 Å². The minimum absolute atomic E-state index is 0. The summed E-state index contributed by atoms with van der Waals surface area (Å²) in [5.41, 5.74) is 8.52. The molecule has 22 nitrogen and oxygen atoms in total. The number of sulfonamides is 2. The number of aromatic nitrogens is 8. The Hall–Kier alpha value is -7.93. The molecule has 2 atom stereocenters. The molecule has 105 heavy (non-hydrogen) atoms. The zero-order chi connectivity index (χ0) is 74.0. The van der Waals surface area contributed by atoms with Crippen LogP contribution >= 0.6 is 46.4 Å². The van der Waals surface area contributed by atoms with E-state index in [9.17, 15) is 40.9 Å². The van der Waals surface area contributed by atoms with Gasteiger partial charge in [-0.1, -0.05) is 81.1 Å². The van der Waals surface area contributed by atoms with Gasteiger partial charge in [-0.2, -0.15) is 10.5 Å². The quantitative estimate of drug-likeness (QED) is 0.0672. The predicted octanol–water partition coefficient (Wildman–Crippen LogP) is 12.9. The van der Waals surface area contributed by atoms with Crippen LogP contribution in [0.2, 0.25) is 20.1 Å². The second kappa shape index (κ2) is 33.5. The zero-order valence-corrected chi connectivity index (χ0v) is 66.1. The van der Waals surface area contributed by atoms with Crippen molar-refractivity contribution >= 4 is 128 Å². The van der Waals surface area contributed by atoms with E-state index >= 15 is 0 Å². The fourth-order valence-corrected chi connectivity index (χ4v) is 15.8. The van der Waals surface area contributed by atoms with Crippen LogP contribution in [0.5, 0.6) is 0 Å². The smallest absolute Gasteiger partial charge is 0.870 e. The van der Waals surface area contributed by atoms with Crippen molar-refractivity contribution in [3.63, 3.8) is 0 Å². The second-order valence-electron chi connectivity index (χ2n) is 28.0. The first-order valence-electron chi connectivity index (χ1n) is 33.2. The van der Waals surface area contributed by atoms with Crippen molar-refractivity contribution in [1.82, 2.24) is 49.8 Å². The molecule has 0 unspecified atom stereocenters. The van der Waals surface area contributed by atoms with E-state index in [-0.39, 0.29) is 91.0 Å². The molecule has 4 N–H and O–H groups in total. The first kappa shape index (κ1) is 81.2. The number of pyridine rings is 2. The van der Waals surface area contributed by atoms with Gasteiger partial charge in [-0.15, -0.1) is 10.2 Å². The molecule has 1 amide bonds. The number of nitrogens with zero attached hydrogens (tertiary/aromatic N) is 13. The summed E-state index contributed by atoms with van der Waals surface area (Å²) in [6.45, 7) is 18.3. The van der Waals surface area contributed by atoms with Crippen LogP contribution in [0.25, 0.3) is 21.8 Å². The average molecular weight is 1550 g/mol. The van der Waals surface area contributed by atoms with Crippen molar-refractivity contribution in [2.24, 2.45) is 0 Å². The summed E-state index contributed by atoms with van der Waals surface area (Å²) < 4.78 is 84.7. The Morgan fingerprint density at radius 1 is 0.600 bits per heavy atom. The van der Waals surface area contributed by atoms with E-state index in [1.165, 1.54) is 55.7 Å². The molecule has 6 aromatic carbocycles. The molecule has 0 spiro atoms. The van der Waals surface area contributed by atoms with E-state index in [1.807, 2.05) is 52.1 Å². The minimum Gasteiger partial charge on any atom is -0.870 e. The molecule has 0 aliphatic carbocycles. The predicted molar refractivity (Wildman–Crippen MR) is 404 cm³/mol. The first-order chi connectivity index (χ1) is 48.7. The fraction of sp³-hybridized carbons (Fsp3) is 0.338. The number of piperidine rings is 2. The van der Waals surface area contributed by atoms with Crippen LogP contribution in [0.4, 0.5) is 42.9 Å². The van der Waals surface area contributed by atoms with Gasteiger partial charge < -0.3 is 16.1 Å². The number of halogens is 6. The van der Waals surface area contributed by atoms with Crippen molar-refractivity contribution in [3.8, 4) is 12.1 Å². The van der Waals surface area contributed by atoms with E-state index in [2.05, 4.69) is 109 Å². The third-order valence-electron chi connectivity index (χ3n) is 18.5. The molecule has 2 aliphatic heterocycles. The Morgan fingerprint density at radius 2 is 1.02 bits per heavy atom. The molecule has 544 valence electrons. The van der Waals surface area contributed by atoms with Gasteiger partial charge >= 0.3 is 29.6 Å². The Bertz CT molecular complexity index is 5210. The standard InChI is InChI=1S/C38H39Cl2FN8O3S.C36H37Cl2FN8O2S.Na.H2O/c1-23(50)49(53(5,51)52)29-8-6-7-25(18-29)30(35-22-48(46-45-35)28-11-13-47(14-12-28)38(2,3)4)15-24-16-31-36(44-27-9-10-34(41)32(39)19-27)26(20-42)21-43-37(31)33(40)17-24;1-36(2,3)46-12-10-27(11-13-46)47-21-33(43-45-47)28(23-6-5-7-26(17-23)44-50(4,48)49)14-22-15-29-34(42-25-8-9-32(39)30(37)18-25)24(19-40)20-41-35(29)31(38)16-22;;/h6-10,16-19,21-22,28,30H,11-15H2,1-5H3,(H,43,44);5-9,15-18,20-21,27-28,44H,10-14H2,1-4H3,(H,41,42);;1H2/q;;+1;/p-1/t30-;28-;;/m00../s1. The summed E-state index contributed by atoms with van der Waals surface area (Å²) in [7, 11) is -7.43. The molecule has 2 fully saturated rings. The summed E-state index contributed by atoms with van der Waals surface area (Å²) in [5.74, 6) is -2.57. The maximum atomic E-state index is 14.0. The number of anilines is 6. The number of fused-ring (bicyclic) bond motifs is 2. The van der Waals surface area contributed by atoms with Gasteiger partial charge in [0.1, 0.15) is 23.8 Å². The molecule has 2 saturated heterocycles. The molecule has 2 aliphatic rings. The Morgan fingerprint density at radius 3 is 1.40 bits per heavy atom. The molecule has 4 aromatic heterocycles. The summed E-state index contributed by atoms with van der Waals surface area (Å²) in [5, 5.41) is 46.6. The van der Waals surface area contributed by atoms with Crippen LogP contribution in [0.15, 0.2) is 134 Å². The molecule has 0 radical (unpaired) electrons. The van der Waals surface area contributed by atoms with Gasteiger partial charge in [0, 0.05) is 109 Å². The van der Waals surface area contributed by atoms with E-state index < -0.39 is 43.5 Å². The molecule has 10 aromatic rings. The summed E-state index contributed by atoms with van der Waals surface area (Å²) in [6, 6.07) is 34.6. The van der Waals surface area contributed by atoms with Crippen LogP contribution in [0, 0.1) is 34.3 Å². The maximum absolute atomic E-state index is 14.0. The largest absolute Gasteiger partial charge is 1.00 e. The Kier molecular flexibility index (Phi) is 25.9. The SMILES string of the molecule is CC(=O)N(c1cccc([C@H](Cc2cc(Cl)c3ncc(C#N)c(Nc4ccc(F)c(Cl)c4)c3c2)c2cn(C3CCN(C(C)(C)C)CC3)nn2)c1)S(C)(=O)=O.CC(C)(C)N1CCC(n2cc([C@@H](Cc3cc(Cl)c4ncc(C#N)c(Nc5ccc(F)c(Cl)c5)c4c3)c3cccc(NS(C)(=O)=O)c3)nn2)CC1.[Na+].[OH-]. The van der Waals surface area contributed by atoms with Gasteiger partial charge in [-0.25, -0.2) is 39.3 Å². The normalized spacial score (nSPS) is 14.8. The van der Waals surface area contributed by atoms with Crippen molar-refractivity contribution in [1.29, 1.82) is 10.5 Å². The number of benzene rings is 6. The van der Waals surface area contributed by atoms with Gasteiger partial charge in [-0.3, -0.25) is 29.3 Å². The number of nitrogens with one attached hydrogen (secondary N) is 3. The molecule has 0 saturated carbocycles. The number of carbonyl (C=O) groups is 1. The number of nitriles is 2. The van der Waals surface area contributed by atoms with Crippen LogP contribution in [-0.4, -0.2) is 128 Å². The molecular formula is C74H77Cl4F2N16NaO6S2. The number of amides is 1. The van der Waals surface area contributed by atoms with Crippen LogP contribution < -0.4 is 49.2 Å². The molecule has 12 rings (SSSR count). The Balaban J connectivity index is 0.000000239. The number of hydrogen-bond acceptors (Lipinski definition) is 18. The molecular weight excluding hydrogens is 1480 g/mol. The number of rotatable bonds is 18. The fourth-order valence-electron chi connectivity index (χ4n) is 13.4. The van der Waals surface area contributed by atoms with Crippen molar-refractivity contribution in [2.45, 2.75) is 122 Å².